The topological polar surface area (TPSA) is 47.9 Å². The molecule has 4 nitrogen and oxygen atoms in total. The zero-order chi connectivity index (χ0) is 11.8. The lowest BCUT2D eigenvalue weighted by atomic mass is 9.90. The Kier molecular flexibility index (Phi) is 3.09. The monoisotopic (exact) mass is 273 g/mol. The van der Waals surface area contributed by atoms with Crippen LogP contribution in [-0.2, 0) is 0 Å². The van der Waals surface area contributed by atoms with Crippen LogP contribution < -0.4 is 4.74 Å². The van der Waals surface area contributed by atoms with E-state index in [4.69, 9.17) is 27.9 Å². The minimum absolute atomic E-state index is 0.0768. The predicted octanol–water partition coefficient (Wildman–Crippen LogP) is 2.99. The molecule has 3 unspecified atom stereocenters. The predicted molar refractivity (Wildman–Crippen MR) is 64.3 cm³/mol. The van der Waals surface area contributed by atoms with Gasteiger partial charge in [-0.1, -0.05) is 6.42 Å². The molecule has 1 heterocycles. The molecule has 2 bridgehead atoms. The first-order valence-corrected chi connectivity index (χ1v) is 6.66. The van der Waals surface area contributed by atoms with Crippen LogP contribution in [-0.4, -0.2) is 21.6 Å². The van der Waals surface area contributed by atoms with Crippen LogP contribution in [0.15, 0.2) is 0 Å². The molecule has 92 valence electrons. The van der Waals surface area contributed by atoms with Gasteiger partial charge in [0.2, 0.25) is 10.6 Å². The van der Waals surface area contributed by atoms with Crippen molar-refractivity contribution in [3.63, 3.8) is 0 Å². The van der Waals surface area contributed by atoms with Gasteiger partial charge in [0.25, 0.3) is 0 Å². The maximum absolute atomic E-state index is 5.68. The highest BCUT2D eigenvalue weighted by atomic mass is 35.5. The molecule has 0 spiro atoms. The molecule has 0 N–H and O–H groups in total. The number of hydrogen-bond acceptors (Lipinski definition) is 4. The summed E-state index contributed by atoms with van der Waals surface area (Å²) in [7, 11) is 0. The van der Waals surface area contributed by atoms with Crippen molar-refractivity contribution in [3.8, 4) is 6.01 Å². The maximum atomic E-state index is 5.68. The second-order valence-electron chi connectivity index (χ2n) is 4.90. The minimum atomic E-state index is 0.0768. The Balaban J connectivity index is 1.60. The summed E-state index contributed by atoms with van der Waals surface area (Å²) >= 11 is 11.4. The molecule has 3 rings (SSSR count). The lowest BCUT2D eigenvalue weighted by molar-refractivity contribution is 0.183. The van der Waals surface area contributed by atoms with Crippen molar-refractivity contribution in [1.29, 1.82) is 0 Å². The van der Waals surface area contributed by atoms with Gasteiger partial charge in [-0.2, -0.15) is 15.0 Å². The van der Waals surface area contributed by atoms with Crippen molar-refractivity contribution in [2.45, 2.75) is 25.7 Å². The molecule has 0 aromatic carbocycles. The summed E-state index contributed by atoms with van der Waals surface area (Å²) in [6.45, 7) is 0.665. The standard InChI is InChI=1S/C11H13Cl2N3O/c12-9-14-10(13)16-11(15-9)17-5-8-4-6-1-2-7(8)3-6/h6-8H,1-5H2. The SMILES string of the molecule is Clc1nc(Cl)nc(OCC2CC3CCC2C3)n1. The highest BCUT2D eigenvalue weighted by Gasteiger charge is 2.39. The second kappa shape index (κ2) is 4.58. The van der Waals surface area contributed by atoms with Crippen LogP contribution in [0, 0.1) is 17.8 Å². The minimum Gasteiger partial charge on any atom is -0.463 e. The summed E-state index contributed by atoms with van der Waals surface area (Å²) in [4.78, 5) is 11.5. The van der Waals surface area contributed by atoms with Crippen LogP contribution in [0.1, 0.15) is 25.7 Å². The summed E-state index contributed by atoms with van der Waals surface area (Å²) in [5.41, 5.74) is 0. The largest absolute Gasteiger partial charge is 0.463 e. The van der Waals surface area contributed by atoms with Crippen molar-refractivity contribution >= 4 is 23.2 Å². The highest BCUT2D eigenvalue weighted by Crippen LogP contribution is 2.48. The average Bonchev–Trinajstić information content (AvgIpc) is 2.86. The van der Waals surface area contributed by atoms with Gasteiger partial charge in [-0.15, -0.1) is 0 Å². The van der Waals surface area contributed by atoms with E-state index in [-0.39, 0.29) is 16.6 Å². The van der Waals surface area contributed by atoms with E-state index in [9.17, 15) is 0 Å². The third-order valence-corrected chi connectivity index (χ3v) is 4.21. The Morgan fingerprint density at radius 1 is 1.06 bits per heavy atom. The quantitative estimate of drug-likeness (QED) is 0.850. The van der Waals surface area contributed by atoms with E-state index >= 15 is 0 Å². The van der Waals surface area contributed by atoms with Crippen LogP contribution in [0.5, 0.6) is 6.01 Å². The number of aromatic nitrogens is 3. The fourth-order valence-corrected chi connectivity index (χ4v) is 3.48. The molecule has 2 saturated carbocycles. The fourth-order valence-electron chi connectivity index (χ4n) is 3.14. The molecule has 0 amide bonds. The second-order valence-corrected chi connectivity index (χ2v) is 5.58. The van der Waals surface area contributed by atoms with Crippen molar-refractivity contribution in [2.24, 2.45) is 17.8 Å². The van der Waals surface area contributed by atoms with Gasteiger partial charge in [0.1, 0.15) is 0 Å². The van der Waals surface area contributed by atoms with Gasteiger partial charge in [0, 0.05) is 0 Å². The van der Waals surface area contributed by atoms with Crippen LogP contribution in [0.3, 0.4) is 0 Å². The van der Waals surface area contributed by atoms with Crippen LogP contribution in [0.4, 0.5) is 0 Å². The van der Waals surface area contributed by atoms with Gasteiger partial charge in [-0.05, 0) is 60.2 Å². The summed E-state index contributed by atoms with van der Waals surface area (Å²) in [6, 6.07) is 0.234. The molecule has 17 heavy (non-hydrogen) atoms. The molecule has 1 aromatic rings. The third-order valence-electron chi connectivity index (χ3n) is 3.87. The molecule has 2 fully saturated rings. The summed E-state index contributed by atoms with van der Waals surface area (Å²) in [5, 5.41) is 0.154. The molecule has 0 aliphatic heterocycles. The first-order valence-electron chi connectivity index (χ1n) is 5.90. The molecule has 1 aromatic heterocycles. The Morgan fingerprint density at radius 2 is 1.82 bits per heavy atom. The van der Waals surface area contributed by atoms with Crippen molar-refractivity contribution in [3.05, 3.63) is 10.6 Å². The molecule has 2 aliphatic carbocycles. The Bertz CT molecular complexity index is 409. The smallest absolute Gasteiger partial charge is 0.322 e. The number of fused-ring (bicyclic) bond motifs is 2. The van der Waals surface area contributed by atoms with E-state index in [1.807, 2.05) is 0 Å². The lowest BCUT2D eigenvalue weighted by Crippen LogP contribution is -2.19. The van der Waals surface area contributed by atoms with Gasteiger partial charge in [0.15, 0.2) is 0 Å². The first-order chi connectivity index (χ1) is 8.20. The average molecular weight is 274 g/mol. The van der Waals surface area contributed by atoms with Gasteiger partial charge >= 0.3 is 6.01 Å². The normalized spacial score (nSPS) is 30.8. The zero-order valence-corrected chi connectivity index (χ0v) is 10.8. The van der Waals surface area contributed by atoms with Crippen molar-refractivity contribution in [2.75, 3.05) is 6.61 Å². The zero-order valence-electron chi connectivity index (χ0n) is 9.27. The number of halogens is 2. The molecule has 3 atom stereocenters. The van der Waals surface area contributed by atoms with Gasteiger partial charge in [-0.3, -0.25) is 0 Å². The molecule has 0 saturated heterocycles. The summed E-state index contributed by atoms with van der Waals surface area (Å²) in [5.74, 6) is 2.38. The third kappa shape index (κ3) is 2.47. The maximum Gasteiger partial charge on any atom is 0.322 e. The van der Waals surface area contributed by atoms with Gasteiger partial charge < -0.3 is 4.74 Å². The van der Waals surface area contributed by atoms with E-state index in [0.717, 1.165) is 11.8 Å². The Labute approximate surface area is 110 Å². The van der Waals surface area contributed by atoms with Gasteiger partial charge in [0.05, 0.1) is 6.61 Å². The number of hydrogen-bond donors (Lipinski definition) is 0. The van der Waals surface area contributed by atoms with Crippen LogP contribution in [0.25, 0.3) is 0 Å². The van der Waals surface area contributed by atoms with Crippen molar-refractivity contribution in [1.82, 2.24) is 15.0 Å². The van der Waals surface area contributed by atoms with E-state index in [1.165, 1.54) is 25.7 Å². The summed E-state index contributed by atoms with van der Waals surface area (Å²) < 4.78 is 5.57. The number of rotatable bonds is 3. The molecular formula is C11H13Cl2N3O. The van der Waals surface area contributed by atoms with E-state index < -0.39 is 0 Å². The molecular weight excluding hydrogens is 261 g/mol. The molecule has 6 heteroatoms. The van der Waals surface area contributed by atoms with E-state index in [2.05, 4.69) is 15.0 Å². The van der Waals surface area contributed by atoms with Gasteiger partial charge in [-0.25, -0.2) is 0 Å². The number of nitrogens with zero attached hydrogens (tertiary/aromatic N) is 3. The number of ether oxygens (including phenoxy) is 1. The molecule has 0 radical (unpaired) electrons. The van der Waals surface area contributed by atoms with E-state index in [1.54, 1.807) is 0 Å². The molecule has 2 aliphatic rings. The van der Waals surface area contributed by atoms with Crippen molar-refractivity contribution < 1.29 is 4.74 Å². The van der Waals surface area contributed by atoms with Crippen LogP contribution in [0.2, 0.25) is 10.6 Å². The lowest BCUT2D eigenvalue weighted by Gasteiger charge is -2.20. The fraction of sp³-hybridized carbons (Fsp3) is 0.727. The highest BCUT2D eigenvalue weighted by molar-refractivity contribution is 6.31. The van der Waals surface area contributed by atoms with Crippen LogP contribution >= 0.6 is 23.2 Å². The van der Waals surface area contributed by atoms with E-state index in [0.29, 0.717) is 12.5 Å². The Hall–Kier alpha value is -0.610. The Morgan fingerprint density at radius 3 is 2.41 bits per heavy atom. The first kappa shape index (κ1) is 11.5. The summed E-state index contributed by atoms with van der Waals surface area (Å²) in [6.07, 6.45) is 5.38.